The summed E-state index contributed by atoms with van der Waals surface area (Å²) in [7, 11) is 0. The molecule has 2 aromatic carbocycles. The highest BCUT2D eigenvalue weighted by molar-refractivity contribution is 5.99. The first-order chi connectivity index (χ1) is 10.6. The number of amides is 1. The van der Waals surface area contributed by atoms with Gasteiger partial charge in [0, 0.05) is 11.7 Å². The first-order valence-corrected chi connectivity index (χ1v) is 7.39. The Morgan fingerprint density at radius 1 is 1.23 bits per heavy atom. The summed E-state index contributed by atoms with van der Waals surface area (Å²) in [6.07, 6.45) is 0.226. The van der Waals surface area contributed by atoms with Gasteiger partial charge in [-0.2, -0.15) is 0 Å². The van der Waals surface area contributed by atoms with Crippen molar-refractivity contribution in [2.75, 3.05) is 4.90 Å². The summed E-state index contributed by atoms with van der Waals surface area (Å²) in [6, 6.07) is 13.7. The first-order valence-electron chi connectivity index (χ1n) is 7.39. The summed E-state index contributed by atoms with van der Waals surface area (Å²) in [5.41, 5.74) is 2.13. The van der Waals surface area contributed by atoms with Gasteiger partial charge in [-0.25, -0.2) is 4.39 Å². The molecule has 1 heterocycles. The van der Waals surface area contributed by atoms with Crippen LogP contribution >= 0.6 is 0 Å². The van der Waals surface area contributed by atoms with E-state index in [1.54, 1.807) is 11.8 Å². The van der Waals surface area contributed by atoms with Crippen molar-refractivity contribution in [1.29, 1.82) is 0 Å². The molecule has 2 aromatic rings. The summed E-state index contributed by atoms with van der Waals surface area (Å²) in [5, 5.41) is 0. The average molecular weight is 299 g/mol. The minimum absolute atomic E-state index is 0.0817. The highest BCUT2D eigenvalue weighted by Gasteiger charge is 2.33. The number of nitrogens with zero attached hydrogens (tertiary/aromatic N) is 1. The zero-order chi connectivity index (χ0) is 15.7. The van der Waals surface area contributed by atoms with Gasteiger partial charge in [-0.1, -0.05) is 18.2 Å². The van der Waals surface area contributed by atoms with E-state index < -0.39 is 6.10 Å². The summed E-state index contributed by atoms with van der Waals surface area (Å²) in [4.78, 5) is 14.5. The van der Waals surface area contributed by atoms with Gasteiger partial charge >= 0.3 is 0 Å². The van der Waals surface area contributed by atoms with E-state index in [4.69, 9.17) is 4.74 Å². The second-order valence-corrected chi connectivity index (χ2v) is 5.60. The van der Waals surface area contributed by atoms with Crippen LogP contribution in [0.1, 0.15) is 19.4 Å². The number of fused-ring (bicyclic) bond motifs is 1. The normalized spacial score (nSPS) is 18.0. The number of carbonyl (C=O) groups is 1. The largest absolute Gasteiger partial charge is 0.481 e. The third-order valence-electron chi connectivity index (χ3n) is 3.92. The topological polar surface area (TPSA) is 29.5 Å². The quantitative estimate of drug-likeness (QED) is 0.867. The summed E-state index contributed by atoms with van der Waals surface area (Å²) < 4.78 is 18.6. The van der Waals surface area contributed by atoms with Crippen LogP contribution in [0.5, 0.6) is 5.75 Å². The number of halogens is 1. The van der Waals surface area contributed by atoms with E-state index in [0.29, 0.717) is 5.75 Å². The highest BCUT2D eigenvalue weighted by atomic mass is 19.1. The maximum absolute atomic E-state index is 12.9. The number of para-hydroxylation sites is 1. The van der Waals surface area contributed by atoms with Crippen molar-refractivity contribution >= 4 is 11.6 Å². The Hall–Kier alpha value is -2.36. The summed E-state index contributed by atoms with van der Waals surface area (Å²) in [6.45, 7) is 3.75. The highest BCUT2D eigenvalue weighted by Crippen LogP contribution is 2.32. The van der Waals surface area contributed by atoms with Crippen LogP contribution < -0.4 is 9.64 Å². The number of anilines is 1. The molecule has 0 spiro atoms. The molecular formula is C18H18FNO2. The van der Waals surface area contributed by atoms with Crippen molar-refractivity contribution in [2.45, 2.75) is 32.4 Å². The zero-order valence-electron chi connectivity index (χ0n) is 12.6. The molecular weight excluding hydrogens is 281 g/mol. The van der Waals surface area contributed by atoms with Crippen molar-refractivity contribution < 1.29 is 13.9 Å². The standard InChI is InChI=1S/C18H18FNO2/c1-12-11-14-5-3-4-6-17(14)20(12)18(21)13(2)22-16-9-7-15(19)8-10-16/h3-10,12-13H,11H2,1-2H3/t12-,13+/m0/s1. The third-order valence-corrected chi connectivity index (χ3v) is 3.92. The Bertz CT molecular complexity index is 684. The van der Waals surface area contributed by atoms with Crippen molar-refractivity contribution in [2.24, 2.45) is 0 Å². The fraction of sp³-hybridized carbons (Fsp3) is 0.278. The van der Waals surface area contributed by atoms with Crippen molar-refractivity contribution in [1.82, 2.24) is 0 Å². The van der Waals surface area contributed by atoms with Crippen molar-refractivity contribution in [3.63, 3.8) is 0 Å². The van der Waals surface area contributed by atoms with Gasteiger partial charge in [0.1, 0.15) is 11.6 Å². The predicted molar refractivity (Wildman–Crippen MR) is 83.6 cm³/mol. The molecule has 1 aliphatic heterocycles. The van der Waals surface area contributed by atoms with Gasteiger partial charge < -0.3 is 9.64 Å². The lowest BCUT2D eigenvalue weighted by Gasteiger charge is -2.26. The van der Waals surface area contributed by atoms with Crippen molar-refractivity contribution in [3.05, 3.63) is 59.9 Å². The number of hydrogen-bond donors (Lipinski definition) is 0. The molecule has 0 N–H and O–H groups in total. The van der Waals surface area contributed by atoms with Crippen molar-refractivity contribution in [3.8, 4) is 5.75 Å². The minimum Gasteiger partial charge on any atom is -0.481 e. The Labute approximate surface area is 129 Å². The van der Waals surface area contributed by atoms with Crippen LogP contribution in [-0.2, 0) is 11.2 Å². The number of ether oxygens (including phenoxy) is 1. The SMILES string of the molecule is C[C@@H](Oc1ccc(F)cc1)C(=O)N1c2ccccc2C[C@@H]1C. The van der Waals surface area contributed by atoms with Crippen LogP contribution in [0, 0.1) is 5.82 Å². The molecule has 22 heavy (non-hydrogen) atoms. The number of rotatable bonds is 3. The Morgan fingerprint density at radius 3 is 2.64 bits per heavy atom. The lowest BCUT2D eigenvalue weighted by molar-refractivity contribution is -0.124. The van der Waals surface area contributed by atoms with Gasteiger partial charge in [-0.15, -0.1) is 0 Å². The molecule has 3 nitrogen and oxygen atoms in total. The molecule has 0 saturated heterocycles. The van der Waals surface area contributed by atoms with E-state index in [1.165, 1.54) is 29.8 Å². The van der Waals surface area contributed by atoms with E-state index in [9.17, 15) is 9.18 Å². The lowest BCUT2D eigenvalue weighted by atomic mass is 10.1. The molecule has 0 aromatic heterocycles. The second-order valence-electron chi connectivity index (χ2n) is 5.60. The molecule has 0 bridgehead atoms. The van der Waals surface area contributed by atoms with Crippen LogP contribution in [0.25, 0.3) is 0 Å². The molecule has 114 valence electrons. The maximum atomic E-state index is 12.9. The molecule has 1 aliphatic rings. The van der Waals surface area contributed by atoms with E-state index in [0.717, 1.165) is 12.1 Å². The molecule has 3 rings (SSSR count). The molecule has 0 unspecified atom stereocenters. The molecule has 2 atom stereocenters. The Kier molecular flexibility index (Phi) is 3.84. The fourth-order valence-electron chi connectivity index (χ4n) is 2.86. The van der Waals surface area contributed by atoms with Crippen LogP contribution in [0.15, 0.2) is 48.5 Å². The van der Waals surface area contributed by atoms with E-state index in [1.807, 2.05) is 31.2 Å². The minimum atomic E-state index is -0.626. The van der Waals surface area contributed by atoms with E-state index in [-0.39, 0.29) is 17.8 Å². The molecule has 1 amide bonds. The van der Waals surface area contributed by atoms with E-state index >= 15 is 0 Å². The second kappa shape index (κ2) is 5.79. The van der Waals surface area contributed by atoms with Crippen LogP contribution in [0.4, 0.5) is 10.1 Å². The van der Waals surface area contributed by atoms with Gasteiger partial charge in [0.25, 0.3) is 5.91 Å². The Balaban J connectivity index is 1.77. The fourth-order valence-corrected chi connectivity index (χ4v) is 2.86. The van der Waals surface area contributed by atoms with Gasteiger partial charge in [-0.05, 0) is 56.2 Å². The zero-order valence-corrected chi connectivity index (χ0v) is 12.6. The lowest BCUT2D eigenvalue weighted by Crippen LogP contribution is -2.43. The van der Waals surface area contributed by atoms with Gasteiger partial charge in [0.2, 0.25) is 0 Å². The van der Waals surface area contributed by atoms with Crippen LogP contribution in [0.3, 0.4) is 0 Å². The monoisotopic (exact) mass is 299 g/mol. The number of carbonyl (C=O) groups excluding carboxylic acids is 1. The molecule has 0 saturated carbocycles. The number of benzene rings is 2. The number of hydrogen-bond acceptors (Lipinski definition) is 2. The molecule has 0 aliphatic carbocycles. The molecule has 4 heteroatoms. The summed E-state index contributed by atoms with van der Waals surface area (Å²) >= 11 is 0. The third kappa shape index (κ3) is 2.69. The van der Waals surface area contributed by atoms with Gasteiger partial charge in [0.15, 0.2) is 6.10 Å². The van der Waals surface area contributed by atoms with Crippen LogP contribution in [0.2, 0.25) is 0 Å². The Morgan fingerprint density at radius 2 is 1.91 bits per heavy atom. The first kappa shape index (κ1) is 14.6. The smallest absolute Gasteiger partial charge is 0.268 e. The average Bonchev–Trinajstić information content (AvgIpc) is 2.84. The molecule has 0 fully saturated rings. The van der Waals surface area contributed by atoms with Gasteiger partial charge in [-0.3, -0.25) is 4.79 Å². The molecule has 0 radical (unpaired) electrons. The summed E-state index contributed by atoms with van der Waals surface area (Å²) in [5.74, 6) is 0.0811. The predicted octanol–water partition coefficient (Wildman–Crippen LogP) is 3.57. The van der Waals surface area contributed by atoms with E-state index in [2.05, 4.69) is 0 Å². The van der Waals surface area contributed by atoms with Gasteiger partial charge in [0.05, 0.1) is 0 Å². The maximum Gasteiger partial charge on any atom is 0.268 e. The van der Waals surface area contributed by atoms with Crippen LogP contribution in [-0.4, -0.2) is 18.1 Å².